The van der Waals surface area contributed by atoms with E-state index >= 15 is 0 Å². The number of hydrogen-bond acceptors (Lipinski definition) is 6. The van der Waals surface area contributed by atoms with Crippen molar-refractivity contribution in [1.29, 1.82) is 0 Å². The molecule has 0 amide bonds. The lowest BCUT2D eigenvalue weighted by Crippen LogP contribution is -2.05. The van der Waals surface area contributed by atoms with Gasteiger partial charge in [-0.3, -0.25) is 14.4 Å². The van der Waals surface area contributed by atoms with Crippen LogP contribution in [0.25, 0.3) is 34.0 Å². The molecule has 0 bridgehead atoms. The van der Waals surface area contributed by atoms with Crippen LogP contribution < -0.4 is 0 Å². The van der Waals surface area contributed by atoms with Crippen LogP contribution in [0.15, 0.2) is 137 Å². The van der Waals surface area contributed by atoms with E-state index < -0.39 is 10.9 Å². The highest BCUT2D eigenvalue weighted by Crippen LogP contribution is 2.35. The maximum Gasteiger partial charge on any atom is 0.194 e. The maximum absolute atomic E-state index is 11.7. The molecule has 0 spiro atoms. The van der Waals surface area contributed by atoms with E-state index in [1.54, 1.807) is 36.4 Å². The van der Waals surface area contributed by atoms with Gasteiger partial charge in [-0.1, -0.05) is 0 Å². The molecule has 43 heavy (non-hydrogen) atoms. The summed E-state index contributed by atoms with van der Waals surface area (Å²) in [5, 5.41) is 0. The summed E-state index contributed by atoms with van der Waals surface area (Å²) in [4.78, 5) is 38.4. The Labute approximate surface area is 251 Å². The number of carbonyl (C=O) groups is 3. The van der Waals surface area contributed by atoms with E-state index in [9.17, 15) is 14.4 Å². The smallest absolute Gasteiger partial charge is 0.194 e. The van der Waals surface area contributed by atoms with Crippen molar-refractivity contribution in [2.45, 2.75) is 35.5 Å². The summed E-state index contributed by atoms with van der Waals surface area (Å²) in [7, 11) is -0.469. The van der Waals surface area contributed by atoms with Crippen LogP contribution in [0.5, 0.6) is 0 Å². The molecule has 0 fully saturated rings. The topological polar surface area (TPSA) is 90.6 Å². The van der Waals surface area contributed by atoms with E-state index in [-0.39, 0.29) is 17.3 Å². The van der Waals surface area contributed by atoms with Crippen LogP contribution in [0.1, 0.15) is 52.4 Å². The third kappa shape index (κ3) is 5.80. The molecule has 0 saturated carbocycles. The van der Waals surface area contributed by atoms with Gasteiger partial charge in [0.1, 0.15) is 17.3 Å². The Morgan fingerprint density at radius 2 is 0.651 bits per heavy atom. The number of benzene rings is 3. The fraction of sp³-hybridized carbons (Fsp3) is 0.0833. The van der Waals surface area contributed by atoms with Gasteiger partial charge in [0.2, 0.25) is 0 Å². The quantitative estimate of drug-likeness (QED) is 0.124. The van der Waals surface area contributed by atoms with Crippen molar-refractivity contribution >= 4 is 28.2 Å². The largest absolute Gasteiger partial charge is 0.453 e. The highest BCUT2D eigenvalue weighted by molar-refractivity contribution is 7.97. The van der Waals surface area contributed by atoms with Crippen LogP contribution in [0.4, 0.5) is 0 Å². The van der Waals surface area contributed by atoms with Crippen LogP contribution >= 0.6 is 0 Å². The molecule has 0 radical (unpaired) electrons. The zero-order valence-corrected chi connectivity index (χ0v) is 24.6. The summed E-state index contributed by atoms with van der Waals surface area (Å²) in [6.45, 7) is 4.45. The van der Waals surface area contributed by atoms with Gasteiger partial charge in [0.15, 0.2) is 49.3 Å². The van der Waals surface area contributed by atoms with Gasteiger partial charge in [0.25, 0.3) is 0 Å². The van der Waals surface area contributed by atoms with Crippen molar-refractivity contribution in [1.82, 2.24) is 0 Å². The van der Waals surface area contributed by atoms with Crippen LogP contribution in [-0.4, -0.2) is 17.3 Å². The summed E-state index contributed by atoms with van der Waals surface area (Å²) in [6, 6.07) is 34.9. The van der Waals surface area contributed by atoms with Gasteiger partial charge >= 0.3 is 0 Å². The van der Waals surface area contributed by atoms with Crippen molar-refractivity contribution in [2.75, 3.05) is 0 Å². The summed E-state index contributed by atoms with van der Waals surface area (Å²) in [5.74, 6) is 2.56. The number of ketones is 3. The first-order valence-electron chi connectivity index (χ1n) is 13.6. The monoisotopic (exact) mass is 587 g/mol. The molecule has 0 aliphatic heterocycles. The highest BCUT2D eigenvalue weighted by atomic mass is 32.2. The second kappa shape index (κ2) is 11.6. The Balaban J connectivity index is 1.36. The molecule has 6 nitrogen and oxygen atoms in total. The molecule has 6 rings (SSSR count). The molecule has 3 aromatic heterocycles. The lowest BCUT2D eigenvalue weighted by atomic mass is 10.2. The second-order valence-electron chi connectivity index (χ2n) is 10.0. The van der Waals surface area contributed by atoms with Gasteiger partial charge in [-0.05, 0) is 109 Å². The van der Waals surface area contributed by atoms with Crippen molar-refractivity contribution in [3.05, 3.63) is 126 Å². The molecule has 7 heteroatoms. The number of hydrogen-bond donors (Lipinski definition) is 0. The zero-order chi connectivity index (χ0) is 30.1. The molecule has 0 atom stereocenters. The first-order valence-corrected chi connectivity index (χ1v) is 14.9. The van der Waals surface area contributed by atoms with Crippen LogP contribution in [0.3, 0.4) is 0 Å². The third-order valence-electron chi connectivity index (χ3n) is 6.98. The Hall–Kier alpha value is -5.14. The maximum atomic E-state index is 11.7. The molecule has 6 aromatic rings. The number of furan rings is 3. The molecule has 0 aliphatic carbocycles. The second-order valence-corrected chi connectivity index (χ2v) is 12.1. The molecule has 3 heterocycles. The van der Waals surface area contributed by atoms with E-state index in [4.69, 9.17) is 13.3 Å². The van der Waals surface area contributed by atoms with E-state index in [2.05, 4.69) is 36.4 Å². The van der Waals surface area contributed by atoms with Gasteiger partial charge < -0.3 is 13.3 Å². The average Bonchev–Trinajstić information content (AvgIpc) is 3.80. The van der Waals surface area contributed by atoms with Crippen molar-refractivity contribution in [3.63, 3.8) is 0 Å². The Kier molecular flexibility index (Phi) is 7.57. The standard InChI is InChI=1S/C36H27O6S/c1-22(37)31-16-19-34(40-31)25-4-10-28(11-5-25)43(29-12-6-26(7-13-29)35-20-17-32(41-35)23(2)38)30-14-8-27(9-15-30)36-21-18-33(42-36)24(3)39/h4-21H,1-3H3/q+1. The summed E-state index contributed by atoms with van der Waals surface area (Å²) >= 11 is 0. The van der Waals surface area contributed by atoms with Crippen molar-refractivity contribution in [2.24, 2.45) is 0 Å². The van der Waals surface area contributed by atoms with Crippen LogP contribution in [0.2, 0.25) is 0 Å². The predicted molar refractivity (Wildman–Crippen MR) is 165 cm³/mol. The summed E-state index contributed by atoms with van der Waals surface area (Å²) in [6.07, 6.45) is 0. The summed E-state index contributed by atoms with van der Waals surface area (Å²) in [5.41, 5.74) is 2.64. The van der Waals surface area contributed by atoms with Gasteiger partial charge in [0.05, 0.1) is 10.9 Å². The van der Waals surface area contributed by atoms with Crippen LogP contribution in [-0.2, 0) is 10.9 Å². The minimum atomic E-state index is -0.469. The molecule has 0 N–H and O–H groups in total. The first-order chi connectivity index (χ1) is 20.8. The van der Waals surface area contributed by atoms with E-state index in [0.717, 1.165) is 31.4 Å². The number of Topliss-reactive ketones (excluding diaryl/α,β-unsaturated/α-hetero) is 3. The lowest BCUT2D eigenvalue weighted by Gasteiger charge is -2.10. The average molecular weight is 588 g/mol. The normalized spacial score (nSPS) is 11.2. The predicted octanol–water partition coefficient (Wildman–Crippen LogP) is 9.17. The number of rotatable bonds is 9. The van der Waals surface area contributed by atoms with Crippen molar-refractivity contribution in [3.8, 4) is 34.0 Å². The van der Waals surface area contributed by atoms with Gasteiger partial charge in [-0.2, -0.15) is 0 Å². The first kappa shape index (κ1) is 28.0. The van der Waals surface area contributed by atoms with E-state index in [1.807, 2.05) is 36.4 Å². The van der Waals surface area contributed by atoms with E-state index in [1.165, 1.54) is 20.8 Å². The molecular weight excluding hydrogens is 560 g/mol. The molecule has 212 valence electrons. The zero-order valence-electron chi connectivity index (χ0n) is 23.8. The third-order valence-corrected chi connectivity index (χ3v) is 9.21. The Morgan fingerprint density at radius 3 is 0.860 bits per heavy atom. The van der Waals surface area contributed by atoms with E-state index in [0.29, 0.717) is 34.6 Å². The van der Waals surface area contributed by atoms with Gasteiger partial charge in [0, 0.05) is 37.5 Å². The molecule has 0 unspecified atom stereocenters. The summed E-state index contributed by atoms with van der Waals surface area (Å²) < 4.78 is 17.2. The minimum Gasteiger partial charge on any atom is -0.453 e. The molecule has 0 aliphatic rings. The lowest BCUT2D eigenvalue weighted by molar-refractivity contribution is 0.0980. The molecule has 0 saturated heterocycles. The fourth-order valence-corrected chi connectivity index (χ4v) is 6.76. The fourth-order valence-electron chi connectivity index (χ4n) is 4.72. The van der Waals surface area contributed by atoms with Gasteiger partial charge in [-0.15, -0.1) is 0 Å². The number of carbonyl (C=O) groups excluding carboxylic acids is 3. The Morgan fingerprint density at radius 1 is 0.395 bits per heavy atom. The highest BCUT2D eigenvalue weighted by Gasteiger charge is 2.29. The van der Waals surface area contributed by atoms with Crippen molar-refractivity contribution < 1.29 is 27.6 Å². The minimum absolute atomic E-state index is 0.115. The molecular formula is C36H27O6S+. The van der Waals surface area contributed by atoms with Gasteiger partial charge in [-0.25, -0.2) is 0 Å². The Bertz CT molecular complexity index is 1710. The molecule has 3 aromatic carbocycles. The SMILES string of the molecule is CC(=O)c1ccc(-c2ccc([S+](c3ccc(-c4ccc(C(C)=O)o4)cc3)c3ccc(-c4ccc(C(C)=O)o4)cc3)cc2)o1. The van der Waals surface area contributed by atoms with Crippen LogP contribution in [0, 0.1) is 0 Å².